The summed E-state index contributed by atoms with van der Waals surface area (Å²) >= 11 is 0. The molecule has 1 amide bonds. The highest BCUT2D eigenvalue weighted by Gasteiger charge is 2.19. The summed E-state index contributed by atoms with van der Waals surface area (Å²) in [6.45, 7) is 3.53. The first-order valence-electron chi connectivity index (χ1n) is 5.47. The van der Waals surface area contributed by atoms with E-state index < -0.39 is 0 Å². The molecule has 0 aliphatic carbocycles. The summed E-state index contributed by atoms with van der Waals surface area (Å²) in [5.74, 6) is 0.147. The van der Waals surface area contributed by atoms with Crippen LogP contribution in [0.1, 0.15) is 5.69 Å². The Labute approximate surface area is 95.1 Å². The van der Waals surface area contributed by atoms with E-state index in [0.29, 0.717) is 6.42 Å². The van der Waals surface area contributed by atoms with E-state index in [2.05, 4.69) is 21.9 Å². The average Bonchev–Trinajstić information content (AvgIpc) is 2.31. The molecule has 0 atom stereocenters. The third-order valence-electron chi connectivity index (χ3n) is 2.80. The number of aromatic nitrogens is 2. The third-order valence-corrected chi connectivity index (χ3v) is 2.80. The summed E-state index contributed by atoms with van der Waals surface area (Å²) < 4.78 is 0. The minimum atomic E-state index is 0.147. The maximum absolute atomic E-state index is 11.9. The summed E-state index contributed by atoms with van der Waals surface area (Å²) in [5.41, 5.74) is 0.742. The van der Waals surface area contributed by atoms with Gasteiger partial charge in [-0.1, -0.05) is 0 Å². The summed E-state index contributed by atoms with van der Waals surface area (Å²) in [6.07, 6.45) is 5.24. The first kappa shape index (κ1) is 11.0. The minimum absolute atomic E-state index is 0.147. The number of hydrogen-bond acceptors (Lipinski definition) is 4. The SMILES string of the molecule is CN1CCN(C(=O)Cc2cnccn2)CC1. The fourth-order valence-corrected chi connectivity index (χ4v) is 1.74. The predicted molar refractivity (Wildman–Crippen MR) is 59.8 cm³/mol. The van der Waals surface area contributed by atoms with Gasteiger partial charge in [-0.2, -0.15) is 0 Å². The van der Waals surface area contributed by atoms with Crippen molar-refractivity contribution in [3.63, 3.8) is 0 Å². The Morgan fingerprint density at radius 1 is 1.31 bits per heavy atom. The quantitative estimate of drug-likeness (QED) is 0.692. The van der Waals surface area contributed by atoms with Crippen molar-refractivity contribution < 1.29 is 4.79 Å². The predicted octanol–water partition coefficient (Wildman–Crippen LogP) is -0.207. The molecule has 0 spiro atoms. The van der Waals surface area contributed by atoms with Crippen molar-refractivity contribution >= 4 is 5.91 Å². The molecule has 0 radical (unpaired) electrons. The van der Waals surface area contributed by atoms with Gasteiger partial charge in [0.1, 0.15) is 0 Å². The van der Waals surface area contributed by atoms with Gasteiger partial charge in [0.15, 0.2) is 0 Å². The number of rotatable bonds is 2. The fourth-order valence-electron chi connectivity index (χ4n) is 1.74. The van der Waals surface area contributed by atoms with Crippen molar-refractivity contribution in [2.75, 3.05) is 33.2 Å². The highest BCUT2D eigenvalue weighted by Crippen LogP contribution is 2.03. The molecule has 1 aromatic rings. The van der Waals surface area contributed by atoms with Crippen LogP contribution in [0, 0.1) is 0 Å². The lowest BCUT2D eigenvalue weighted by Gasteiger charge is -2.32. The van der Waals surface area contributed by atoms with Crippen molar-refractivity contribution in [1.29, 1.82) is 0 Å². The maximum atomic E-state index is 11.9. The van der Waals surface area contributed by atoms with Gasteiger partial charge >= 0.3 is 0 Å². The Bertz CT molecular complexity index is 346. The summed E-state index contributed by atoms with van der Waals surface area (Å²) in [4.78, 5) is 24.1. The molecule has 86 valence electrons. The highest BCUT2D eigenvalue weighted by atomic mass is 16.2. The Morgan fingerprint density at radius 3 is 2.69 bits per heavy atom. The number of likely N-dealkylation sites (N-methyl/N-ethyl adjacent to an activating group) is 1. The molecule has 0 aromatic carbocycles. The Morgan fingerprint density at radius 2 is 2.06 bits per heavy atom. The van der Waals surface area contributed by atoms with Gasteiger partial charge in [0.25, 0.3) is 0 Å². The second-order valence-electron chi connectivity index (χ2n) is 4.06. The molecule has 5 nitrogen and oxygen atoms in total. The van der Waals surface area contributed by atoms with Gasteiger partial charge in [-0.15, -0.1) is 0 Å². The summed E-state index contributed by atoms with van der Waals surface area (Å²) in [6, 6.07) is 0. The lowest BCUT2D eigenvalue weighted by molar-refractivity contribution is -0.132. The van der Waals surface area contributed by atoms with Crippen molar-refractivity contribution in [1.82, 2.24) is 19.8 Å². The van der Waals surface area contributed by atoms with Crippen LogP contribution < -0.4 is 0 Å². The fraction of sp³-hybridized carbons (Fsp3) is 0.545. The van der Waals surface area contributed by atoms with Crippen LogP contribution in [0.2, 0.25) is 0 Å². The molecule has 2 rings (SSSR count). The summed E-state index contributed by atoms with van der Waals surface area (Å²) in [5, 5.41) is 0. The van der Waals surface area contributed by atoms with Crippen molar-refractivity contribution in [2.24, 2.45) is 0 Å². The zero-order chi connectivity index (χ0) is 11.4. The van der Waals surface area contributed by atoms with E-state index in [0.717, 1.165) is 31.9 Å². The van der Waals surface area contributed by atoms with Crippen LogP contribution in [0.4, 0.5) is 0 Å². The topological polar surface area (TPSA) is 49.3 Å². The lowest BCUT2D eigenvalue weighted by atomic mass is 10.2. The molecule has 16 heavy (non-hydrogen) atoms. The molecule has 2 heterocycles. The smallest absolute Gasteiger partial charge is 0.228 e. The highest BCUT2D eigenvalue weighted by molar-refractivity contribution is 5.78. The molecule has 5 heteroatoms. The Balaban J connectivity index is 1.89. The normalized spacial score (nSPS) is 17.4. The van der Waals surface area contributed by atoms with E-state index in [4.69, 9.17) is 0 Å². The number of carbonyl (C=O) groups is 1. The number of carbonyl (C=O) groups excluding carboxylic acids is 1. The average molecular weight is 220 g/mol. The molecular weight excluding hydrogens is 204 g/mol. The lowest BCUT2D eigenvalue weighted by Crippen LogP contribution is -2.47. The van der Waals surface area contributed by atoms with Crippen LogP contribution in [0.5, 0.6) is 0 Å². The van der Waals surface area contributed by atoms with E-state index >= 15 is 0 Å². The van der Waals surface area contributed by atoms with Crippen LogP contribution >= 0.6 is 0 Å². The van der Waals surface area contributed by atoms with Gasteiger partial charge in [-0.3, -0.25) is 14.8 Å². The van der Waals surface area contributed by atoms with Crippen LogP contribution in [0.25, 0.3) is 0 Å². The van der Waals surface area contributed by atoms with Crippen molar-refractivity contribution in [2.45, 2.75) is 6.42 Å². The van der Waals surface area contributed by atoms with Crippen LogP contribution in [-0.2, 0) is 11.2 Å². The van der Waals surface area contributed by atoms with E-state index in [1.165, 1.54) is 0 Å². The largest absolute Gasteiger partial charge is 0.340 e. The molecular formula is C11H16N4O. The summed E-state index contributed by atoms with van der Waals surface area (Å²) in [7, 11) is 2.07. The second-order valence-corrected chi connectivity index (χ2v) is 4.06. The van der Waals surface area contributed by atoms with E-state index in [1.807, 2.05) is 4.90 Å². The van der Waals surface area contributed by atoms with Crippen molar-refractivity contribution in [3.05, 3.63) is 24.3 Å². The molecule has 0 N–H and O–H groups in total. The molecule has 1 aliphatic heterocycles. The van der Waals surface area contributed by atoms with Gasteiger partial charge in [-0.05, 0) is 7.05 Å². The third kappa shape index (κ3) is 2.76. The van der Waals surface area contributed by atoms with E-state index in [1.54, 1.807) is 18.6 Å². The van der Waals surface area contributed by atoms with Gasteiger partial charge in [0.2, 0.25) is 5.91 Å². The number of hydrogen-bond donors (Lipinski definition) is 0. The van der Waals surface area contributed by atoms with Gasteiger partial charge in [0, 0.05) is 44.8 Å². The van der Waals surface area contributed by atoms with Crippen molar-refractivity contribution in [3.8, 4) is 0 Å². The monoisotopic (exact) mass is 220 g/mol. The van der Waals surface area contributed by atoms with E-state index in [-0.39, 0.29) is 5.91 Å². The molecule has 1 saturated heterocycles. The molecule has 0 unspecified atom stereocenters. The molecule has 0 saturated carbocycles. The minimum Gasteiger partial charge on any atom is -0.340 e. The molecule has 0 bridgehead atoms. The maximum Gasteiger partial charge on any atom is 0.228 e. The number of piperazine rings is 1. The Kier molecular flexibility index (Phi) is 3.46. The first-order chi connectivity index (χ1) is 7.75. The standard InChI is InChI=1S/C11H16N4O/c1-14-4-6-15(7-5-14)11(16)8-10-9-12-2-3-13-10/h2-3,9H,4-8H2,1H3. The Hall–Kier alpha value is -1.49. The molecule has 1 aromatic heterocycles. The van der Waals surface area contributed by atoms with Gasteiger partial charge in [-0.25, -0.2) is 0 Å². The van der Waals surface area contributed by atoms with E-state index in [9.17, 15) is 4.79 Å². The van der Waals surface area contributed by atoms with Crippen LogP contribution in [0.3, 0.4) is 0 Å². The van der Waals surface area contributed by atoms with Crippen LogP contribution in [0.15, 0.2) is 18.6 Å². The number of nitrogens with zero attached hydrogens (tertiary/aromatic N) is 4. The van der Waals surface area contributed by atoms with Gasteiger partial charge in [0.05, 0.1) is 12.1 Å². The molecule has 1 aliphatic rings. The number of amides is 1. The zero-order valence-corrected chi connectivity index (χ0v) is 9.46. The van der Waals surface area contributed by atoms with Gasteiger partial charge < -0.3 is 9.80 Å². The van der Waals surface area contributed by atoms with Crippen LogP contribution in [-0.4, -0.2) is 58.9 Å². The zero-order valence-electron chi connectivity index (χ0n) is 9.46. The first-order valence-corrected chi connectivity index (χ1v) is 5.47. The second kappa shape index (κ2) is 5.03. The molecule has 1 fully saturated rings.